The third-order valence-corrected chi connectivity index (χ3v) is 8.10. The number of nitrogens with zero attached hydrogens (tertiary/aromatic N) is 5. The normalized spacial score (nSPS) is 16.3. The highest BCUT2D eigenvalue weighted by molar-refractivity contribution is 8.15. The van der Waals surface area contributed by atoms with Crippen molar-refractivity contribution in [3.05, 3.63) is 130 Å². The minimum absolute atomic E-state index is 0.0564. The van der Waals surface area contributed by atoms with Gasteiger partial charge in [-0.2, -0.15) is 10.2 Å². The van der Waals surface area contributed by atoms with Crippen LogP contribution in [-0.4, -0.2) is 37.2 Å². The zero-order chi connectivity index (χ0) is 28.2. The molecule has 0 N–H and O–H groups in total. The minimum atomic E-state index is -0.358. The first-order valence-electron chi connectivity index (χ1n) is 12.8. The maximum absolute atomic E-state index is 13.5. The second-order valence-electron chi connectivity index (χ2n) is 9.29. The lowest BCUT2D eigenvalue weighted by Gasteiger charge is -2.14. The highest BCUT2D eigenvalue weighted by Crippen LogP contribution is 2.32. The lowest BCUT2D eigenvalue weighted by atomic mass is 10.1. The van der Waals surface area contributed by atoms with E-state index >= 15 is 0 Å². The van der Waals surface area contributed by atoms with Crippen molar-refractivity contribution < 1.29 is 9.21 Å². The average molecular weight is 601 g/mol. The molecule has 1 aliphatic heterocycles. The van der Waals surface area contributed by atoms with E-state index in [0.29, 0.717) is 27.4 Å². The van der Waals surface area contributed by atoms with Crippen LogP contribution in [0.4, 0.5) is 0 Å². The number of para-hydroxylation sites is 1. The van der Waals surface area contributed by atoms with Crippen molar-refractivity contribution in [1.29, 1.82) is 0 Å². The van der Waals surface area contributed by atoms with E-state index in [2.05, 4.69) is 10.2 Å². The maximum Gasteiger partial charge on any atom is 0.242 e. The van der Waals surface area contributed by atoms with Gasteiger partial charge in [-0.1, -0.05) is 77.4 Å². The number of amides is 1. The number of hydrogen-bond acceptors (Lipinski definition) is 6. The number of halogens is 2. The molecule has 0 radical (unpaired) electrons. The summed E-state index contributed by atoms with van der Waals surface area (Å²) >= 11 is 13.7. The van der Waals surface area contributed by atoms with Crippen LogP contribution in [0.3, 0.4) is 0 Å². The summed E-state index contributed by atoms with van der Waals surface area (Å²) in [6.07, 6.45) is 5.67. The molecule has 41 heavy (non-hydrogen) atoms. The Bertz CT molecular complexity index is 1720. The molecule has 1 aliphatic rings. The molecule has 1 amide bonds. The highest BCUT2D eigenvalue weighted by atomic mass is 35.5. The van der Waals surface area contributed by atoms with Crippen LogP contribution in [-0.2, 0) is 17.8 Å². The zero-order valence-corrected chi connectivity index (χ0v) is 23.9. The molecule has 6 rings (SSSR count). The average Bonchev–Trinajstić information content (AvgIpc) is 3.72. The Labute approximate surface area is 251 Å². The number of benzene rings is 3. The predicted molar refractivity (Wildman–Crippen MR) is 165 cm³/mol. The molecule has 1 fully saturated rings. The Hall–Kier alpha value is -4.11. The molecule has 1 atom stereocenters. The number of thioether (sulfide) groups is 1. The van der Waals surface area contributed by atoms with Crippen LogP contribution in [0.15, 0.2) is 118 Å². The van der Waals surface area contributed by atoms with Crippen molar-refractivity contribution in [2.45, 2.75) is 18.2 Å². The summed E-state index contributed by atoms with van der Waals surface area (Å²) in [7, 11) is 0. The fourth-order valence-electron chi connectivity index (χ4n) is 4.47. The van der Waals surface area contributed by atoms with Crippen LogP contribution in [0.1, 0.15) is 16.9 Å². The summed E-state index contributed by atoms with van der Waals surface area (Å²) < 4.78 is 7.32. The van der Waals surface area contributed by atoms with Gasteiger partial charge < -0.3 is 4.42 Å². The molecule has 1 unspecified atom stereocenters. The van der Waals surface area contributed by atoms with Gasteiger partial charge in [0.15, 0.2) is 5.17 Å². The fourth-order valence-corrected chi connectivity index (χ4v) is 5.94. The van der Waals surface area contributed by atoms with E-state index in [9.17, 15) is 4.79 Å². The maximum atomic E-state index is 13.5. The molecule has 0 aliphatic carbocycles. The number of carbonyl (C=O) groups is 1. The Balaban J connectivity index is 1.31. The largest absolute Gasteiger partial charge is 0.467 e. The first-order chi connectivity index (χ1) is 20.0. The van der Waals surface area contributed by atoms with Gasteiger partial charge in [-0.05, 0) is 60.5 Å². The first kappa shape index (κ1) is 27.1. The molecule has 10 heteroatoms. The summed E-state index contributed by atoms with van der Waals surface area (Å²) in [6, 6.07) is 28.5. The van der Waals surface area contributed by atoms with E-state index in [0.717, 1.165) is 28.1 Å². The van der Waals surface area contributed by atoms with Gasteiger partial charge in [0, 0.05) is 27.4 Å². The number of hydrogen-bond donors (Lipinski definition) is 0. The van der Waals surface area contributed by atoms with E-state index in [-0.39, 0.29) is 17.7 Å². The van der Waals surface area contributed by atoms with Crippen molar-refractivity contribution in [3.63, 3.8) is 0 Å². The quantitative estimate of drug-likeness (QED) is 0.136. The second-order valence-corrected chi connectivity index (χ2v) is 11.3. The Morgan fingerprint density at radius 2 is 1.78 bits per heavy atom. The van der Waals surface area contributed by atoms with Gasteiger partial charge >= 0.3 is 0 Å². The van der Waals surface area contributed by atoms with Crippen LogP contribution >= 0.6 is 35.0 Å². The van der Waals surface area contributed by atoms with Crippen molar-refractivity contribution in [3.8, 4) is 16.9 Å². The van der Waals surface area contributed by atoms with Gasteiger partial charge in [-0.25, -0.2) is 4.68 Å². The highest BCUT2D eigenvalue weighted by Gasteiger charge is 2.38. The lowest BCUT2D eigenvalue weighted by molar-refractivity contribution is -0.126. The van der Waals surface area contributed by atoms with Gasteiger partial charge in [0.25, 0.3) is 0 Å². The van der Waals surface area contributed by atoms with Gasteiger partial charge in [0.2, 0.25) is 5.91 Å². The summed E-state index contributed by atoms with van der Waals surface area (Å²) in [5, 5.41) is 15.2. The van der Waals surface area contributed by atoms with E-state index in [1.807, 2.05) is 91.1 Å². The molecule has 3 aromatic carbocycles. The predicted octanol–water partition coefficient (Wildman–Crippen LogP) is 7.52. The Morgan fingerprint density at radius 1 is 0.951 bits per heavy atom. The van der Waals surface area contributed by atoms with Crippen molar-refractivity contribution in [2.24, 2.45) is 10.2 Å². The summed E-state index contributed by atoms with van der Waals surface area (Å²) in [5.74, 6) is 0.604. The Morgan fingerprint density at radius 3 is 2.54 bits per heavy atom. The SMILES string of the molecule is O=C1C(Cc2cccc(Cl)c2)SC(=NN=Cc2cn(-c3ccccc3)nc2-c2ccc(Cl)cc2)N1Cc1ccco1. The monoisotopic (exact) mass is 599 g/mol. The molecule has 0 saturated carbocycles. The van der Waals surface area contributed by atoms with E-state index in [4.69, 9.17) is 32.7 Å². The molecule has 204 valence electrons. The number of furan rings is 1. The van der Waals surface area contributed by atoms with Gasteiger partial charge in [0.1, 0.15) is 11.5 Å². The topological polar surface area (TPSA) is 76.0 Å². The molecule has 5 aromatic rings. The number of carbonyl (C=O) groups excluding carboxylic acids is 1. The number of aromatic nitrogens is 2. The number of amidine groups is 1. The van der Waals surface area contributed by atoms with Gasteiger partial charge in [-0.3, -0.25) is 9.69 Å². The molecule has 7 nitrogen and oxygen atoms in total. The Kier molecular flexibility index (Phi) is 8.04. The summed E-state index contributed by atoms with van der Waals surface area (Å²) in [6.45, 7) is 0.265. The summed E-state index contributed by atoms with van der Waals surface area (Å²) in [5.41, 5.74) is 4.29. The van der Waals surface area contributed by atoms with E-state index in [1.54, 1.807) is 28.1 Å². The van der Waals surface area contributed by atoms with Crippen LogP contribution in [0, 0.1) is 0 Å². The summed E-state index contributed by atoms with van der Waals surface area (Å²) in [4.78, 5) is 15.1. The molecule has 0 bridgehead atoms. The molecule has 3 heterocycles. The van der Waals surface area contributed by atoms with Crippen LogP contribution in [0.25, 0.3) is 16.9 Å². The third kappa shape index (κ3) is 6.30. The lowest BCUT2D eigenvalue weighted by Crippen LogP contribution is -2.32. The van der Waals surface area contributed by atoms with E-state index < -0.39 is 0 Å². The van der Waals surface area contributed by atoms with Crippen LogP contribution in [0.2, 0.25) is 10.0 Å². The molecular formula is C31H23Cl2N5O2S. The molecule has 2 aromatic heterocycles. The molecular weight excluding hydrogens is 577 g/mol. The van der Waals surface area contributed by atoms with Gasteiger partial charge in [-0.15, -0.1) is 5.10 Å². The standard InChI is InChI=1S/C31H23Cl2N5O2S/c32-24-13-11-22(12-14-24)29-23(19-38(36-29)26-8-2-1-3-9-26)18-34-35-31-37(20-27-10-5-15-40-27)30(39)28(41-31)17-21-6-4-7-25(33)16-21/h1-16,18-19,28H,17,20H2. The third-order valence-electron chi connectivity index (χ3n) is 6.45. The minimum Gasteiger partial charge on any atom is -0.467 e. The zero-order valence-electron chi connectivity index (χ0n) is 21.6. The molecule has 0 spiro atoms. The van der Waals surface area contributed by atoms with Crippen molar-refractivity contribution >= 4 is 52.3 Å². The van der Waals surface area contributed by atoms with Gasteiger partial charge in [0.05, 0.1) is 30.0 Å². The second kappa shape index (κ2) is 12.2. The fraction of sp³-hybridized carbons (Fsp3) is 0.0968. The molecule has 1 saturated heterocycles. The van der Waals surface area contributed by atoms with E-state index in [1.165, 1.54) is 11.8 Å². The van der Waals surface area contributed by atoms with Crippen LogP contribution < -0.4 is 0 Å². The first-order valence-corrected chi connectivity index (χ1v) is 14.4. The number of rotatable bonds is 8. The van der Waals surface area contributed by atoms with Crippen molar-refractivity contribution in [2.75, 3.05) is 0 Å². The van der Waals surface area contributed by atoms with Crippen LogP contribution in [0.5, 0.6) is 0 Å². The van der Waals surface area contributed by atoms with Crippen molar-refractivity contribution in [1.82, 2.24) is 14.7 Å². The smallest absolute Gasteiger partial charge is 0.242 e.